The number of amides is 1. The minimum Gasteiger partial charge on any atom is -0.444 e. The summed E-state index contributed by atoms with van der Waals surface area (Å²) in [6, 6.07) is 0. The molecular formula is C12H20IN3O2. The van der Waals surface area contributed by atoms with Gasteiger partial charge < -0.3 is 14.6 Å². The van der Waals surface area contributed by atoms with E-state index in [2.05, 4.69) is 37.5 Å². The number of hydrogen-bond donors (Lipinski definition) is 1. The van der Waals surface area contributed by atoms with Crippen LogP contribution in [0.25, 0.3) is 0 Å². The molecule has 102 valence electrons. The predicted octanol–water partition coefficient (Wildman–Crippen LogP) is 2.71. The van der Waals surface area contributed by atoms with Crippen LogP contribution in [0.3, 0.4) is 0 Å². The van der Waals surface area contributed by atoms with Gasteiger partial charge in [-0.2, -0.15) is 0 Å². The van der Waals surface area contributed by atoms with Gasteiger partial charge in [-0.3, -0.25) is 0 Å². The highest BCUT2D eigenvalue weighted by Crippen LogP contribution is 2.08. The second kappa shape index (κ2) is 6.40. The standard InChI is InChI=1S/C12H20IN3O2/c1-9-15-8-10(13)16(9)7-5-6-14-11(17)18-12(2,3)4/h8H,5-7H2,1-4H3,(H,14,17). The smallest absolute Gasteiger partial charge is 0.407 e. The van der Waals surface area contributed by atoms with Gasteiger partial charge in [-0.25, -0.2) is 9.78 Å². The molecule has 18 heavy (non-hydrogen) atoms. The van der Waals surface area contributed by atoms with Crippen LogP contribution in [0.2, 0.25) is 0 Å². The first-order valence-electron chi connectivity index (χ1n) is 5.94. The van der Waals surface area contributed by atoms with Crippen molar-refractivity contribution in [3.05, 3.63) is 15.7 Å². The van der Waals surface area contributed by atoms with Crippen molar-refractivity contribution in [3.63, 3.8) is 0 Å². The van der Waals surface area contributed by atoms with Crippen LogP contribution in [-0.4, -0.2) is 27.8 Å². The molecule has 0 aromatic carbocycles. The lowest BCUT2D eigenvalue weighted by Crippen LogP contribution is -2.33. The third kappa shape index (κ3) is 5.24. The van der Waals surface area contributed by atoms with Crippen LogP contribution in [0.1, 0.15) is 33.0 Å². The van der Waals surface area contributed by atoms with Gasteiger partial charge in [-0.1, -0.05) is 0 Å². The lowest BCUT2D eigenvalue weighted by molar-refractivity contribution is 0.0526. The number of carbonyl (C=O) groups excluding carboxylic acids is 1. The van der Waals surface area contributed by atoms with Gasteiger partial charge in [0.1, 0.15) is 11.4 Å². The molecule has 0 saturated heterocycles. The van der Waals surface area contributed by atoms with Gasteiger partial charge in [0.25, 0.3) is 0 Å². The van der Waals surface area contributed by atoms with Crippen molar-refractivity contribution in [1.29, 1.82) is 0 Å². The van der Waals surface area contributed by atoms with Crippen molar-refractivity contribution in [3.8, 4) is 0 Å². The monoisotopic (exact) mass is 365 g/mol. The summed E-state index contributed by atoms with van der Waals surface area (Å²) in [6.45, 7) is 8.98. The van der Waals surface area contributed by atoms with E-state index in [1.807, 2.05) is 33.9 Å². The molecule has 0 fully saturated rings. The zero-order valence-corrected chi connectivity index (χ0v) is 13.4. The van der Waals surface area contributed by atoms with Crippen LogP contribution in [0.4, 0.5) is 4.79 Å². The fourth-order valence-electron chi connectivity index (χ4n) is 1.45. The quantitative estimate of drug-likeness (QED) is 0.660. The van der Waals surface area contributed by atoms with E-state index in [0.29, 0.717) is 6.54 Å². The van der Waals surface area contributed by atoms with Gasteiger partial charge in [0.2, 0.25) is 0 Å². The van der Waals surface area contributed by atoms with Crippen LogP contribution in [0, 0.1) is 10.6 Å². The second-order valence-corrected chi connectivity index (χ2v) is 6.17. The molecule has 0 radical (unpaired) electrons. The summed E-state index contributed by atoms with van der Waals surface area (Å²) in [5.41, 5.74) is -0.444. The Balaban J connectivity index is 2.25. The molecule has 1 rings (SSSR count). The van der Waals surface area contributed by atoms with E-state index in [4.69, 9.17) is 4.74 Å². The maximum Gasteiger partial charge on any atom is 0.407 e. The molecule has 1 amide bonds. The molecule has 0 spiro atoms. The molecule has 1 aromatic heterocycles. The van der Waals surface area contributed by atoms with Crippen LogP contribution in [-0.2, 0) is 11.3 Å². The largest absolute Gasteiger partial charge is 0.444 e. The van der Waals surface area contributed by atoms with Gasteiger partial charge in [-0.15, -0.1) is 0 Å². The third-order valence-corrected chi connectivity index (χ3v) is 3.09. The number of ether oxygens (including phenoxy) is 1. The number of imidazole rings is 1. The molecule has 0 unspecified atom stereocenters. The van der Waals surface area contributed by atoms with E-state index >= 15 is 0 Å². The van der Waals surface area contributed by atoms with Gasteiger partial charge in [-0.05, 0) is 56.7 Å². The first-order chi connectivity index (χ1) is 8.29. The molecule has 0 atom stereocenters. The van der Waals surface area contributed by atoms with Gasteiger partial charge in [0.15, 0.2) is 0 Å². The van der Waals surface area contributed by atoms with Crippen LogP contribution < -0.4 is 5.32 Å². The average Bonchev–Trinajstić information content (AvgIpc) is 2.52. The minimum absolute atomic E-state index is 0.362. The van der Waals surface area contributed by atoms with Crippen molar-refractivity contribution in [2.45, 2.75) is 46.3 Å². The first-order valence-corrected chi connectivity index (χ1v) is 7.02. The van der Waals surface area contributed by atoms with Gasteiger partial charge >= 0.3 is 6.09 Å². The van der Waals surface area contributed by atoms with Crippen LogP contribution in [0.5, 0.6) is 0 Å². The average molecular weight is 365 g/mol. The molecule has 1 aromatic rings. The van der Waals surface area contributed by atoms with E-state index in [-0.39, 0.29) is 6.09 Å². The molecule has 1 heterocycles. The Hall–Kier alpha value is -0.790. The zero-order valence-electron chi connectivity index (χ0n) is 11.3. The summed E-state index contributed by atoms with van der Waals surface area (Å²) in [5, 5.41) is 2.74. The first kappa shape index (κ1) is 15.3. The topological polar surface area (TPSA) is 56.2 Å². The number of rotatable bonds is 4. The van der Waals surface area contributed by atoms with E-state index in [9.17, 15) is 4.79 Å². The molecule has 0 saturated carbocycles. The summed E-state index contributed by atoms with van der Waals surface area (Å²) in [7, 11) is 0. The normalized spacial score (nSPS) is 11.4. The zero-order chi connectivity index (χ0) is 13.8. The number of aryl methyl sites for hydroxylation is 1. The fraction of sp³-hybridized carbons (Fsp3) is 0.667. The summed E-state index contributed by atoms with van der Waals surface area (Å²) in [5.74, 6) is 0.997. The number of halogens is 1. The van der Waals surface area contributed by atoms with Gasteiger partial charge in [0, 0.05) is 13.1 Å². The Bertz CT molecular complexity index is 390. The Morgan fingerprint density at radius 3 is 2.72 bits per heavy atom. The van der Waals surface area contributed by atoms with Crippen molar-refractivity contribution in [2.24, 2.45) is 0 Å². The number of hydrogen-bond acceptors (Lipinski definition) is 3. The summed E-state index contributed by atoms with van der Waals surface area (Å²) < 4.78 is 8.39. The van der Waals surface area contributed by atoms with E-state index in [0.717, 1.165) is 22.5 Å². The number of nitrogens with one attached hydrogen (secondary N) is 1. The minimum atomic E-state index is -0.444. The van der Waals surface area contributed by atoms with Crippen LogP contribution in [0.15, 0.2) is 6.20 Å². The molecule has 0 aliphatic carbocycles. The van der Waals surface area contributed by atoms with E-state index in [1.54, 1.807) is 0 Å². The highest BCUT2D eigenvalue weighted by Gasteiger charge is 2.15. The lowest BCUT2D eigenvalue weighted by Gasteiger charge is -2.19. The van der Waals surface area contributed by atoms with Crippen molar-refractivity contribution < 1.29 is 9.53 Å². The molecule has 1 N–H and O–H groups in total. The molecule has 0 bridgehead atoms. The Morgan fingerprint density at radius 2 is 2.22 bits per heavy atom. The predicted molar refractivity (Wildman–Crippen MR) is 78.5 cm³/mol. The molecule has 0 aliphatic heterocycles. The van der Waals surface area contributed by atoms with E-state index in [1.165, 1.54) is 0 Å². The Labute approximate surface area is 121 Å². The maximum atomic E-state index is 11.4. The Morgan fingerprint density at radius 1 is 1.56 bits per heavy atom. The highest BCUT2D eigenvalue weighted by atomic mass is 127. The second-order valence-electron chi connectivity index (χ2n) is 5.06. The Kier molecular flexibility index (Phi) is 5.43. The molecule has 0 aliphatic rings. The van der Waals surface area contributed by atoms with Crippen molar-refractivity contribution in [2.75, 3.05) is 6.54 Å². The third-order valence-electron chi connectivity index (χ3n) is 2.23. The van der Waals surface area contributed by atoms with E-state index < -0.39 is 5.60 Å². The number of nitrogens with zero attached hydrogens (tertiary/aromatic N) is 2. The molecular weight excluding hydrogens is 345 g/mol. The van der Waals surface area contributed by atoms with Crippen molar-refractivity contribution in [1.82, 2.24) is 14.9 Å². The van der Waals surface area contributed by atoms with Gasteiger partial charge in [0.05, 0.1) is 9.90 Å². The summed E-state index contributed by atoms with van der Waals surface area (Å²) >= 11 is 2.25. The molecule has 6 heteroatoms. The maximum absolute atomic E-state index is 11.4. The fourth-order valence-corrected chi connectivity index (χ4v) is 2.18. The molecule has 5 nitrogen and oxygen atoms in total. The highest BCUT2D eigenvalue weighted by molar-refractivity contribution is 14.1. The summed E-state index contributed by atoms with van der Waals surface area (Å²) in [6.07, 6.45) is 2.34. The number of aromatic nitrogens is 2. The lowest BCUT2D eigenvalue weighted by atomic mass is 10.2. The number of carbonyl (C=O) groups is 1. The number of alkyl carbamates (subject to hydrolysis) is 1. The van der Waals surface area contributed by atoms with Crippen molar-refractivity contribution >= 4 is 28.7 Å². The van der Waals surface area contributed by atoms with Crippen LogP contribution >= 0.6 is 22.6 Å². The SMILES string of the molecule is Cc1ncc(I)n1CCCNC(=O)OC(C)(C)C. The summed E-state index contributed by atoms with van der Waals surface area (Å²) in [4.78, 5) is 15.6.